The van der Waals surface area contributed by atoms with E-state index in [0.29, 0.717) is 0 Å². The summed E-state index contributed by atoms with van der Waals surface area (Å²) in [6.45, 7) is 15.3. The fourth-order valence-corrected chi connectivity index (χ4v) is 4.88. The van der Waals surface area contributed by atoms with Gasteiger partial charge in [-0.1, -0.05) is 18.2 Å². The molecule has 1 amide bonds. The van der Waals surface area contributed by atoms with Crippen molar-refractivity contribution in [1.29, 1.82) is 0 Å². The third-order valence-corrected chi connectivity index (χ3v) is 6.91. The van der Waals surface area contributed by atoms with Crippen LogP contribution in [0.4, 0.5) is 5.00 Å². The van der Waals surface area contributed by atoms with Gasteiger partial charge < -0.3 is 9.80 Å². The molecule has 0 saturated carbocycles. The van der Waals surface area contributed by atoms with E-state index >= 15 is 0 Å². The van der Waals surface area contributed by atoms with E-state index < -0.39 is 0 Å². The third-order valence-electron chi connectivity index (χ3n) is 5.64. The molecule has 0 bridgehead atoms. The van der Waals surface area contributed by atoms with Crippen LogP contribution in [0.1, 0.15) is 40.2 Å². The molecule has 0 fully saturated rings. The minimum Gasteiger partial charge on any atom is -0.331 e. The molecule has 5 heteroatoms. The molecule has 0 spiro atoms. The second kappa shape index (κ2) is 8.33. The number of quaternary nitrogens is 2. The number of amides is 1. The zero-order valence-electron chi connectivity index (χ0n) is 16.4. The number of fused-ring (bicyclic) bond motifs is 1. The summed E-state index contributed by atoms with van der Waals surface area (Å²) in [6, 6.07) is 9.68. The molecule has 2 aromatic rings. The van der Waals surface area contributed by atoms with Crippen molar-refractivity contribution in [3.8, 4) is 0 Å². The number of nitrogens with zero attached hydrogens (tertiary/aromatic N) is 1. The normalized spacial score (nSPS) is 16.8. The smallest absolute Gasteiger partial charge is 0.263 e. The highest BCUT2D eigenvalue weighted by atomic mass is 32.1. The Morgan fingerprint density at radius 3 is 2.54 bits per heavy atom. The Morgan fingerprint density at radius 1 is 1.19 bits per heavy atom. The summed E-state index contributed by atoms with van der Waals surface area (Å²) in [5.41, 5.74) is 3.51. The molecule has 0 aliphatic carbocycles. The molecule has 2 heterocycles. The zero-order chi connectivity index (χ0) is 18.7. The van der Waals surface area contributed by atoms with Gasteiger partial charge in [0.2, 0.25) is 0 Å². The van der Waals surface area contributed by atoms with Gasteiger partial charge in [-0.15, -0.1) is 11.3 Å². The molecule has 4 nitrogen and oxygen atoms in total. The van der Waals surface area contributed by atoms with Crippen LogP contribution >= 0.6 is 11.3 Å². The Hall–Kier alpha value is -1.69. The summed E-state index contributed by atoms with van der Waals surface area (Å²) in [6.07, 6.45) is 0. The number of carbonyl (C=O) groups excluding carboxylic acids is 1. The van der Waals surface area contributed by atoms with Crippen molar-refractivity contribution >= 4 is 22.2 Å². The highest BCUT2D eigenvalue weighted by molar-refractivity contribution is 7.16. The van der Waals surface area contributed by atoms with Crippen LogP contribution in [0.2, 0.25) is 0 Å². The van der Waals surface area contributed by atoms with E-state index in [2.05, 4.69) is 27.7 Å². The lowest BCUT2D eigenvalue weighted by atomic mass is 10.1. The molecule has 26 heavy (non-hydrogen) atoms. The summed E-state index contributed by atoms with van der Waals surface area (Å²) < 4.78 is 0. The Bertz CT molecular complexity index is 752. The lowest BCUT2D eigenvalue weighted by molar-refractivity contribution is -0.963. The predicted octanol–water partition coefficient (Wildman–Crippen LogP) is 1.29. The average molecular weight is 374 g/mol. The summed E-state index contributed by atoms with van der Waals surface area (Å²) in [5.74, 6) is 0.125. The SMILES string of the molecule is CC[NH+](CC)CC[NH+]1Cc2c(sc(C)c2C)N(C(=O)c2ccccc2)C1. The predicted molar refractivity (Wildman–Crippen MR) is 108 cm³/mol. The van der Waals surface area contributed by atoms with Gasteiger partial charge in [0.1, 0.15) is 24.6 Å². The van der Waals surface area contributed by atoms with Crippen molar-refractivity contribution in [2.45, 2.75) is 34.2 Å². The minimum atomic E-state index is 0.125. The van der Waals surface area contributed by atoms with E-state index in [4.69, 9.17) is 0 Å². The number of carbonyl (C=O) groups is 1. The zero-order valence-corrected chi connectivity index (χ0v) is 17.2. The number of anilines is 1. The molecular weight excluding hydrogens is 342 g/mol. The first-order valence-corrected chi connectivity index (χ1v) is 10.5. The van der Waals surface area contributed by atoms with Crippen LogP contribution in [0.15, 0.2) is 30.3 Å². The van der Waals surface area contributed by atoms with E-state index in [1.165, 1.54) is 20.9 Å². The first-order valence-electron chi connectivity index (χ1n) is 9.68. The van der Waals surface area contributed by atoms with E-state index in [1.807, 2.05) is 35.2 Å². The molecule has 1 aliphatic heterocycles. The summed E-state index contributed by atoms with van der Waals surface area (Å²) in [7, 11) is 0. The van der Waals surface area contributed by atoms with Crippen LogP contribution in [0, 0.1) is 13.8 Å². The maximum absolute atomic E-state index is 13.2. The van der Waals surface area contributed by atoms with E-state index in [9.17, 15) is 4.79 Å². The Morgan fingerprint density at radius 2 is 1.88 bits per heavy atom. The number of hydrogen-bond acceptors (Lipinski definition) is 2. The third kappa shape index (κ3) is 3.85. The highest BCUT2D eigenvalue weighted by Gasteiger charge is 2.34. The second-order valence-electron chi connectivity index (χ2n) is 7.21. The van der Waals surface area contributed by atoms with Gasteiger partial charge in [-0.2, -0.15) is 0 Å². The molecule has 140 valence electrons. The lowest BCUT2D eigenvalue weighted by Crippen LogP contribution is -3.20. The maximum atomic E-state index is 13.2. The molecule has 3 rings (SSSR count). The van der Waals surface area contributed by atoms with Gasteiger partial charge >= 0.3 is 0 Å². The standard InChI is InChI=1S/C21H29N3OS/c1-5-22(6-2)12-13-23-14-19-16(3)17(4)26-21(19)24(15-23)20(25)18-10-8-7-9-11-18/h7-11H,5-6,12-15H2,1-4H3/p+2. The molecule has 1 aliphatic rings. The Kier molecular flexibility index (Phi) is 6.12. The van der Waals surface area contributed by atoms with Crippen molar-refractivity contribution in [3.05, 3.63) is 51.9 Å². The van der Waals surface area contributed by atoms with Crippen molar-refractivity contribution in [1.82, 2.24) is 0 Å². The minimum absolute atomic E-state index is 0.125. The summed E-state index contributed by atoms with van der Waals surface area (Å²) >= 11 is 1.77. The fraction of sp³-hybridized carbons (Fsp3) is 0.476. The van der Waals surface area contributed by atoms with Crippen LogP contribution in [0.25, 0.3) is 0 Å². The van der Waals surface area contributed by atoms with Crippen molar-refractivity contribution in [2.24, 2.45) is 0 Å². The Balaban J connectivity index is 1.86. The van der Waals surface area contributed by atoms with Crippen LogP contribution < -0.4 is 14.7 Å². The second-order valence-corrected chi connectivity index (χ2v) is 8.41. The van der Waals surface area contributed by atoms with E-state index in [1.54, 1.807) is 16.2 Å². The number of rotatable bonds is 6. The quantitative estimate of drug-likeness (QED) is 0.785. The van der Waals surface area contributed by atoms with Gasteiger partial charge in [0.05, 0.1) is 13.1 Å². The Labute approximate surface area is 161 Å². The number of likely N-dealkylation sites (N-methyl/N-ethyl adjacent to an activating group) is 1. The van der Waals surface area contributed by atoms with Gasteiger partial charge in [0.25, 0.3) is 5.91 Å². The van der Waals surface area contributed by atoms with Gasteiger partial charge in [0, 0.05) is 16.0 Å². The first-order chi connectivity index (χ1) is 12.5. The van der Waals surface area contributed by atoms with Gasteiger partial charge in [-0.25, -0.2) is 0 Å². The molecule has 0 saturated heterocycles. The lowest BCUT2D eigenvalue weighted by Gasteiger charge is -2.33. The molecule has 1 atom stereocenters. The number of aryl methyl sites for hydroxylation is 1. The number of hydrogen-bond donors (Lipinski definition) is 2. The van der Waals surface area contributed by atoms with Gasteiger partial charge in [0.15, 0.2) is 6.67 Å². The van der Waals surface area contributed by atoms with E-state index in [0.717, 1.165) is 50.0 Å². The van der Waals surface area contributed by atoms with Crippen molar-refractivity contribution in [3.63, 3.8) is 0 Å². The highest BCUT2D eigenvalue weighted by Crippen LogP contribution is 2.36. The molecule has 1 unspecified atom stereocenters. The number of thiophene rings is 1. The molecular formula is C21H31N3OS+2. The molecule has 0 radical (unpaired) electrons. The average Bonchev–Trinajstić information content (AvgIpc) is 2.96. The van der Waals surface area contributed by atoms with Gasteiger partial charge in [-0.05, 0) is 45.4 Å². The number of benzene rings is 1. The molecule has 2 N–H and O–H groups in total. The van der Waals surface area contributed by atoms with Crippen LogP contribution in [0.3, 0.4) is 0 Å². The first kappa shape index (κ1) is 19.1. The maximum Gasteiger partial charge on any atom is 0.263 e. The molecule has 1 aromatic carbocycles. The largest absolute Gasteiger partial charge is 0.331 e. The van der Waals surface area contributed by atoms with E-state index in [-0.39, 0.29) is 5.91 Å². The van der Waals surface area contributed by atoms with Crippen molar-refractivity contribution in [2.75, 3.05) is 37.7 Å². The van der Waals surface area contributed by atoms with Crippen molar-refractivity contribution < 1.29 is 14.6 Å². The fourth-order valence-electron chi connectivity index (χ4n) is 3.71. The summed E-state index contributed by atoms with van der Waals surface area (Å²) in [5, 5.41) is 1.16. The van der Waals surface area contributed by atoms with Gasteiger partial charge in [-0.3, -0.25) is 9.69 Å². The topological polar surface area (TPSA) is 29.2 Å². The van der Waals surface area contributed by atoms with Crippen LogP contribution in [-0.2, 0) is 6.54 Å². The monoisotopic (exact) mass is 373 g/mol. The summed E-state index contributed by atoms with van der Waals surface area (Å²) in [4.78, 5) is 19.7. The van der Waals surface area contributed by atoms with Crippen LogP contribution in [-0.4, -0.2) is 38.8 Å². The van der Waals surface area contributed by atoms with Crippen LogP contribution in [0.5, 0.6) is 0 Å². The number of nitrogens with one attached hydrogen (secondary N) is 2. The molecule has 1 aromatic heterocycles.